The smallest absolute Gasteiger partial charge is 0.423 e. The molecule has 3 N–H and O–H groups in total. The van der Waals surface area contributed by atoms with Gasteiger partial charge in [-0.2, -0.15) is 13.2 Å². The van der Waals surface area contributed by atoms with Crippen LogP contribution in [0.25, 0.3) is 0 Å². The second-order valence-electron chi connectivity index (χ2n) is 10.8. The molecule has 15 heteroatoms. The number of benzene rings is 2. The highest BCUT2D eigenvalue weighted by atomic mass is 35.5. The molecule has 0 aromatic heterocycles. The molecule has 1 aliphatic heterocycles. The second kappa shape index (κ2) is 16.6. The standard InChI is InChI=1S/C31H37ClF3N3O8/c1-20-15-26(21-9-7-11-23(16-21)38(42)43)27(28(40)44-2)30(37-20,31(33,34)35)29(41)45-14-6-4-3-5-13-36-18-24(39)19-46-25-12-8-10-22(32)17-25/h7-12,15-17,24,26-27,36-37,39H,3-6,13-14,18-19H2,1-2H3. The summed E-state index contributed by atoms with van der Waals surface area (Å²) in [7, 11) is 0.898. The van der Waals surface area contributed by atoms with E-state index in [1.54, 1.807) is 24.3 Å². The number of carbonyl (C=O) groups excluding carboxylic acids is 2. The molecule has 11 nitrogen and oxygen atoms in total. The lowest BCUT2D eigenvalue weighted by Crippen LogP contribution is -2.70. The molecule has 0 bridgehead atoms. The lowest BCUT2D eigenvalue weighted by Gasteiger charge is -2.45. The molecule has 46 heavy (non-hydrogen) atoms. The van der Waals surface area contributed by atoms with Crippen molar-refractivity contribution in [3.05, 3.63) is 81.0 Å². The first kappa shape index (κ1) is 36.6. The van der Waals surface area contributed by atoms with E-state index in [4.69, 9.17) is 25.8 Å². The van der Waals surface area contributed by atoms with E-state index >= 15 is 0 Å². The zero-order valence-electron chi connectivity index (χ0n) is 25.3. The number of nitrogens with zero attached hydrogens (tertiary/aromatic N) is 1. The predicted molar refractivity (Wildman–Crippen MR) is 162 cm³/mol. The third-order valence-electron chi connectivity index (χ3n) is 7.44. The van der Waals surface area contributed by atoms with E-state index < -0.39 is 46.5 Å². The fourth-order valence-electron chi connectivity index (χ4n) is 5.25. The average molecular weight is 672 g/mol. The van der Waals surface area contributed by atoms with Gasteiger partial charge in [-0.1, -0.05) is 48.7 Å². The number of nitrogens with one attached hydrogen (secondary N) is 2. The lowest BCUT2D eigenvalue weighted by molar-refractivity contribution is -0.384. The number of allylic oxidation sites excluding steroid dienone is 2. The first-order valence-electron chi connectivity index (χ1n) is 14.6. The van der Waals surface area contributed by atoms with Gasteiger partial charge in [-0.3, -0.25) is 14.9 Å². The van der Waals surface area contributed by atoms with Crippen molar-refractivity contribution in [2.45, 2.75) is 56.3 Å². The second-order valence-corrected chi connectivity index (χ2v) is 11.3. The highest BCUT2D eigenvalue weighted by Crippen LogP contribution is 2.48. The number of alkyl halides is 3. The number of hydrogen-bond donors (Lipinski definition) is 3. The number of non-ortho nitro benzene ring substituents is 1. The molecule has 1 aliphatic rings. The summed E-state index contributed by atoms with van der Waals surface area (Å²) in [6.45, 7) is 1.90. The van der Waals surface area contributed by atoms with Crippen molar-refractivity contribution in [3.63, 3.8) is 0 Å². The first-order chi connectivity index (χ1) is 21.8. The Morgan fingerprint density at radius 1 is 1.15 bits per heavy atom. The number of rotatable bonds is 16. The molecule has 252 valence electrons. The van der Waals surface area contributed by atoms with Crippen LogP contribution in [0.15, 0.2) is 60.3 Å². The van der Waals surface area contributed by atoms with Crippen molar-refractivity contribution in [3.8, 4) is 5.75 Å². The number of nitro benzene ring substituents is 1. The van der Waals surface area contributed by atoms with E-state index in [0.29, 0.717) is 36.6 Å². The zero-order valence-corrected chi connectivity index (χ0v) is 26.1. The quantitative estimate of drug-likeness (QED) is 0.0957. The molecule has 4 unspecified atom stereocenters. The van der Waals surface area contributed by atoms with Crippen LogP contribution < -0.4 is 15.4 Å². The Morgan fingerprint density at radius 2 is 1.87 bits per heavy atom. The number of nitro groups is 1. The summed E-state index contributed by atoms with van der Waals surface area (Å²) in [5.74, 6) is -6.06. The van der Waals surface area contributed by atoms with Gasteiger partial charge in [0.1, 0.15) is 24.4 Å². The Morgan fingerprint density at radius 3 is 2.54 bits per heavy atom. The maximum absolute atomic E-state index is 14.9. The van der Waals surface area contributed by atoms with Crippen molar-refractivity contribution in [1.29, 1.82) is 0 Å². The lowest BCUT2D eigenvalue weighted by atomic mass is 9.69. The van der Waals surface area contributed by atoms with E-state index in [0.717, 1.165) is 19.2 Å². The number of methoxy groups -OCH3 is 1. The van der Waals surface area contributed by atoms with Crippen LogP contribution in [-0.2, 0) is 19.1 Å². The van der Waals surface area contributed by atoms with Crippen LogP contribution in [0.1, 0.15) is 44.1 Å². The summed E-state index contributed by atoms with van der Waals surface area (Å²) in [5, 5.41) is 27.2. The molecular weight excluding hydrogens is 635 g/mol. The van der Waals surface area contributed by atoms with E-state index in [-0.39, 0.29) is 43.1 Å². The molecule has 0 aliphatic carbocycles. The normalized spacial score (nSPS) is 20.2. The summed E-state index contributed by atoms with van der Waals surface area (Å²) in [6, 6.07) is 11.7. The largest absolute Gasteiger partial charge is 0.491 e. The summed E-state index contributed by atoms with van der Waals surface area (Å²) in [6.07, 6.45) is -2.59. The van der Waals surface area contributed by atoms with Crippen LogP contribution in [0.4, 0.5) is 18.9 Å². The third-order valence-corrected chi connectivity index (χ3v) is 7.67. The highest BCUT2D eigenvalue weighted by molar-refractivity contribution is 6.30. The molecule has 0 saturated carbocycles. The summed E-state index contributed by atoms with van der Waals surface area (Å²) < 4.78 is 60.0. The Labute approximate surface area is 269 Å². The molecule has 0 amide bonds. The monoisotopic (exact) mass is 671 g/mol. The number of aliphatic hydroxyl groups is 1. The van der Waals surface area contributed by atoms with Gasteiger partial charge in [0.25, 0.3) is 5.69 Å². The Balaban J connectivity index is 1.55. The Kier molecular flexibility index (Phi) is 13.2. The third kappa shape index (κ3) is 9.33. The fraction of sp³-hybridized carbons (Fsp3) is 0.484. The van der Waals surface area contributed by atoms with Gasteiger partial charge in [-0.25, -0.2) is 4.79 Å². The van der Waals surface area contributed by atoms with Crippen LogP contribution in [0.2, 0.25) is 5.02 Å². The van der Waals surface area contributed by atoms with E-state index in [9.17, 15) is 38.0 Å². The van der Waals surface area contributed by atoms with Gasteiger partial charge in [0.05, 0.1) is 18.6 Å². The molecule has 2 aromatic carbocycles. The van der Waals surface area contributed by atoms with Gasteiger partial charge in [0.2, 0.25) is 5.54 Å². The maximum atomic E-state index is 14.9. The molecule has 0 fully saturated rings. The summed E-state index contributed by atoms with van der Waals surface area (Å²) >= 11 is 5.90. The maximum Gasteiger partial charge on any atom is 0.423 e. The molecule has 0 saturated heterocycles. The van der Waals surface area contributed by atoms with Crippen LogP contribution >= 0.6 is 11.6 Å². The number of halogens is 4. The minimum Gasteiger partial charge on any atom is -0.491 e. The SMILES string of the molecule is COC(=O)C1C(c2cccc([N+](=O)[O-])c2)C=C(C)NC1(C(=O)OCCCCCCNCC(O)COc1cccc(Cl)c1)C(F)(F)F. The fourth-order valence-corrected chi connectivity index (χ4v) is 5.43. The number of carbonyl (C=O) groups is 2. The average Bonchev–Trinajstić information content (AvgIpc) is 3.01. The van der Waals surface area contributed by atoms with Crippen molar-refractivity contribution in [2.75, 3.05) is 33.4 Å². The Hall–Kier alpha value is -3.88. The van der Waals surface area contributed by atoms with Gasteiger partial charge in [0.15, 0.2) is 0 Å². The van der Waals surface area contributed by atoms with Gasteiger partial charge in [-0.05, 0) is 50.1 Å². The van der Waals surface area contributed by atoms with Crippen LogP contribution in [0, 0.1) is 16.0 Å². The molecule has 1 heterocycles. The molecular formula is C31H37ClF3N3O8. The summed E-state index contributed by atoms with van der Waals surface area (Å²) in [4.78, 5) is 36.8. The molecule has 0 spiro atoms. The molecule has 3 rings (SSSR count). The topological polar surface area (TPSA) is 149 Å². The van der Waals surface area contributed by atoms with Crippen molar-refractivity contribution < 1.29 is 47.0 Å². The highest BCUT2D eigenvalue weighted by Gasteiger charge is 2.71. The number of aliphatic hydroxyl groups excluding tert-OH is 1. The minimum atomic E-state index is -5.31. The number of ether oxygens (including phenoxy) is 3. The number of esters is 2. The Bertz CT molecular complexity index is 1390. The first-order valence-corrected chi connectivity index (χ1v) is 15.0. The van der Waals surface area contributed by atoms with Crippen molar-refractivity contribution >= 4 is 29.2 Å². The number of unbranched alkanes of at least 4 members (excludes halogenated alkanes) is 3. The van der Waals surface area contributed by atoms with Gasteiger partial charge < -0.3 is 30.0 Å². The van der Waals surface area contributed by atoms with E-state index in [2.05, 4.69) is 10.6 Å². The molecule has 2 aromatic rings. The van der Waals surface area contributed by atoms with Crippen LogP contribution in [0.3, 0.4) is 0 Å². The predicted octanol–water partition coefficient (Wildman–Crippen LogP) is 5.06. The van der Waals surface area contributed by atoms with E-state index in [1.807, 2.05) is 0 Å². The minimum absolute atomic E-state index is 0.0293. The zero-order chi connectivity index (χ0) is 33.9. The van der Waals surface area contributed by atoms with Gasteiger partial charge in [-0.15, -0.1) is 0 Å². The van der Waals surface area contributed by atoms with Crippen LogP contribution in [-0.4, -0.2) is 73.2 Å². The molecule has 4 atom stereocenters. The van der Waals surface area contributed by atoms with Crippen molar-refractivity contribution in [2.24, 2.45) is 5.92 Å². The summed E-state index contributed by atoms with van der Waals surface area (Å²) in [5.41, 5.74) is -3.93. The van der Waals surface area contributed by atoms with Gasteiger partial charge >= 0.3 is 18.1 Å². The van der Waals surface area contributed by atoms with Crippen LogP contribution in [0.5, 0.6) is 5.75 Å². The van der Waals surface area contributed by atoms with E-state index in [1.165, 1.54) is 25.1 Å². The van der Waals surface area contributed by atoms with Crippen molar-refractivity contribution in [1.82, 2.24) is 10.6 Å². The van der Waals surface area contributed by atoms with Gasteiger partial charge in [0, 0.05) is 35.3 Å². The molecule has 0 radical (unpaired) electrons. The number of hydrogen-bond acceptors (Lipinski definition) is 10.